The molecule has 190 valence electrons. The van der Waals surface area contributed by atoms with E-state index < -0.39 is 5.97 Å². The number of carbonyl (C=O) groups is 3. The van der Waals surface area contributed by atoms with E-state index in [-0.39, 0.29) is 18.4 Å². The number of esters is 1. The number of amides is 2. The fraction of sp³-hybridized carbons (Fsp3) is 0.207. The molecule has 0 radical (unpaired) electrons. The first-order valence-electron chi connectivity index (χ1n) is 12.0. The highest BCUT2D eigenvalue weighted by molar-refractivity contribution is 6.37. The molecule has 4 rings (SSSR count). The van der Waals surface area contributed by atoms with E-state index in [2.05, 4.69) is 16.0 Å². The summed E-state index contributed by atoms with van der Waals surface area (Å²) in [5, 5.41) is 9.21. The van der Waals surface area contributed by atoms with Crippen molar-refractivity contribution in [3.63, 3.8) is 0 Å². The van der Waals surface area contributed by atoms with Crippen molar-refractivity contribution in [2.75, 3.05) is 36.7 Å². The van der Waals surface area contributed by atoms with Crippen LogP contribution in [0.4, 0.5) is 17.1 Å². The second kappa shape index (κ2) is 11.1. The number of benzene rings is 3. The fourth-order valence-corrected chi connectivity index (χ4v) is 4.23. The highest BCUT2D eigenvalue weighted by atomic mass is 16.5. The lowest BCUT2D eigenvalue weighted by atomic mass is 9.99. The monoisotopic (exact) mass is 498 g/mol. The van der Waals surface area contributed by atoms with Crippen LogP contribution in [0.3, 0.4) is 0 Å². The van der Waals surface area contributed by atoms with Crippen molar-refractivity contribution in [1.29, 1.82) is 0 Å². The summed E-state index contributed by atoms with van der Waals surface area (Å²) in [7, 11) is 3.93. The molecule has 0 saturated heterocycles. The van der Waals surface area contributed by atoms with Gasteiger partial charge in [0.05, 0.1) is 29.1 Å². The van der Waals surface area contributed by atoms with Crippen LogP contribution >= 0.6 is 0 Å². The number of hydrogen-bond donors (Lipinski definition) is 3. The summed E-state index contributed by atoms with van der Waals surface area (Å²) in [4.78, 5) is 39.4. The summed E-state index contributed by atoms with van der Waals surface area (Å²) >= 11 is 0. The highest BCUT2D eigenvalue weighted by Gasteiger charge is 2.29. The van der Waals surface area contributed by atoms with Crippen molar-refractivity contribution in [3.8, 4) is 0 Å². The topological polar surface area (TPSA) is 99.8 Å². The van der Waals surface area contributed by atoms with Gasteiger partial charge >= 0.3 is 5.97 Å². The average molecular weight is 499 g/mol. The first kappa shape index (κ1) is 25.7. The molecule has 0 unspecified atom stereocenters. The van der Waals surface area contributed by atoms with Crippen molar-refractivity contribution >= 4 is 46.1 Å². The van der Waals surface area contributed by atoms with Crippen LogP contribution in [0.1, 0.15) is 40.9 Å². The van der Waals surface area contributed by atoms with E-state index in [1.54, 1.807) is 25.1 Å². The maximum Gasteiger partial charge on any atom is 0.338 e. The van der Waals surface area contributed by atoms with E-state index in [1.807, 2.05) is 67.5 Å². The van der Waals surface area contributed by atoms with Crippen molar-refractivity contribution in [2.24, 2.45) is 0 Å². The highest BCUT2D eigenvalue weighted by Crippen LogP contribution is 2.38. The van der Waals surface area contributed by atoms with Gasteiger partial charge in [0.25, 0.3) is 5.91 Å². The third-order valence-corrected chi connectivity index (χ3v) is 5.76. The molecular weight excluding hydrogens is 468 g/mol. The molecule has 0 aromatic heterocycles. The Bertz CT molecular complexity index is 1380. The van der Waals surface area contributed by atoms with Crippen LogP contribution in [0, 0.1) is 0 Å². The number of nitrogens with zero attached hydrogens (tertiary/aromatic N) is 1. The van der Waals surface area contributed by atoms with Gasteiger partial charge in [-0.1, -0.05) is 42.5 Å². The number of nitrogens with one attached hydrogen (secondary N) is 3. The van der Waals surface area contributed by atoms with Gasteiger partial charge in [0.15, 0.2) is 0 Å². The molecule has 3 aromatic carbocycles. The lowest BCUT2D eigenvalue weighted by Crippen LogP contribution is -2.15. The number of anilines is 3. The summed E-state index contributed by atoms with van der Waals surface area (Å²) in [6.07, 6.45) is 0. The van der Waals surface area contributed by atoms with Crippen LogP contribution in [-0.4, -0.2) is 43.4 Å². The Morgan fingerprint density at radius 2 is 1.70 bits per heavy atom. The maximum absolute atomic E-state index is 13.2. The van der Waals surface area contributed by atoms with Crippen LogP contribution in [0.25, 0.3) is 11.3 Å². The van der Waals surface area contributed by atoms with E-state index in [1.165, 1.54) is 6.92 Å². The lowest BCUT2D eigenvalue weighted by Gasteiger charge is -2.18. The predicted octanol–water partition coefficient (Wildman–Crippen LogP) is 4.82. The minimum atomic E-state index is -0.443. The van der Waals surface area contributed by atoms with Gasteiger partial charge in [-0.05, 0) is 56.4 Å². The molecule has 3 N–H and O–H groups in total. The quantitative estimate of drug-likeness (QED) is 0.304. The van der Waals surface area contributed by atoms with Crippen molar-refractivity contribution in [2.45, 2.75) is 20.4 Å². The Balaban J connectivity index is 1.81. The minimum Gasteiger partial charge on any atom is -0.462 e. The van der Waals surface area contributed by atoms with E-state index in [9.17, 15) is 14.4 Å². The molecule has 8 nitrogen and oxygen atoms in total. The molecule has 0 bridgehead atoms. The Labute approximate surface area is 216 Å². The van der Waals surface area contributed by atoms with Gasteiger partial charge in [0.1, 0.15) is 0 Å². The second-order valence-corrected chi connectivity index (χ2v) is 8.97. The van der Waals surface area contributed by atoms with Gasteiger partial charge in [-0.3, -0.25) is 9.59 Å². The first-order chi connectivity index (χ1) is 17.8. The van der Waals surface area contributed by atoms with Crippen molar-refractivity contribution < 1.29 is 19.1 Å². The average Bonchev–Trinajstić information content (AvgIpc) is 3.18. The zero-order valence-corrected chi connectivity index (χ0v) is 21.3. The molecule has 0 aliphatic carbocycles. The maximum atomic E-state index is 13.2. The molecule has 0 saturated carbocycles. The van der Waals surface area contributed by atoms with Gasteiger partial charge < -0.3 is 25.6 Å². The van der Waals surface area contributed by atoms with Crippen molar-refractivity contribution in [1.82, 2.24) is 4.90 Å². The van der Waals surface area contributed by atoms with Gasteiger partial charge in [0, 0.05) is 30.4 Å². The summed E-state index contributed by atoms with van der Waals surface area (Å²) in [5.74, 6) is -0.893. The zero-order chi connectivity index (χ0) is 26.5. The molecule has 0 spiro atoms. The third kappa shape index (κ3) is 5.87. The van der Waals surface area contributed by atoms with Crippen LogP contribution in [-0.2, 0) is 20.9 Å². The number of rotatable bonds is 8. The van der Waals surface area contributed by atoms with Gasteiger partial charge in [-0.25, -0.2) is 4.79 Å². The zero-order valence-electron chi connectivity index (χ0n) is 21.3. The summed E-state index contributed by atoms with van der Waals surface area (Å²) < 4.78 is 5.10. The normalized spacial score (nSPS) is 13.6. The Morgan fingerprint density at radius 1 is 0.946 bits per heavy atom. The fourth-order valence-electron chi connectivity index (χ4n) is 4.23. The van der Waals surface area contributed by atoms with Crippen molar-refractivity contribution in [3.05, 3.63) is 89.0 Å². The van der Waals surface area contributed by atoms with Gasteiger partial charge in [0.2, 0.25) is 5.91 Å². The molecule has 3 aromatic rings. The Morgan fingerprint density at radius 3 is 2.38 bits per heavy atom. The molecule has 8 heteroatoms. The molecule has 2 amide bonds. The van der Waals surface area contributed by atoms with E-state index in [4.69, 9.17) is 4.74 Å². The van der Waals surface area contributed by atoms with Crippen LogP contribution in [0.5, 0.6) is 0 Å². The molecule has 1 aliphatic heterocycles. The third-order valence-electron chi connectivity index (χ3n) is 5.76. The molecule has 0 atom stereocenters. The largest absolute Gasteiger partial charge is 0.462 e. The molecular formula is C29H30N4O4. The number of ether oxygens (including phenoxy) is 1. The van der Waals surface area contributed by atoms with Crippen LogP contribution in [0.2, 0.25) is 0 Å². The minimum absolute atomic E-state index is 0.166. The van der Waals surface area contributed by atoms with Crippen LogP contribution < -0.4 is 16.0 Å². The number of carbonyl (C=O) groups excluding carboxylic acids is 3. The molecule has 1 aliphatic rings. The summed E-state index contributed by atoms with van der Waals surface area (Å²) in [6, 6.07) is 20.3. The molecule has 37 heavy (non-hydrogen) atoms. The first-order valence-corrected chi connectivity index (χ1v) is 12.0. The molecule has 1 heterocycles. The standard InChI is InChI=1S/C29H30N4O4/c1-5-37-29(36)20-12-14-23-25(15-20)32-28(35)26(23)27(19-9-7-6-8-10-19)31-22-13-11-21(17-33(3)4)24(16-22)30-18(2)34/h6-16,31H,5,17H2,1-4H3,(H,30,34)(H,32,35). The van der Waals surface area contributed by atoms with E-state index >= 15 is 0 Å². The number of hydrogen-bond acceptors (Lipinski definition) is 6. The number of fused-ring (bicyclic) bond motifs is 1. The SMILES string of the molecule is CCOC(=O)c1ccc2c(c1)NC(=O)C2=C(Nc1ccc(CN(C)C)c(NC(C)=O)c1)c1ccccc1. The molecule has 0 fully saturated rings. The van der Waals surface area contributed by atoms with E-state index in [0.717, 1.165) is 11.1 Å². The lowest BCUT2D eigenvalue weighted by molar-refractivity contribution is -0.114. The van der Waals surface area contributed by atoms with Gasteiger partial charge in [-0.2, -0.15) is 0 Å². The smallest absolute Gasteiger partial charge is 0.338 e. The van der Waals surface area contributed by atoms with E-state index in [0.29, 0.717) is 46.0 Å². The second-order valence-electron chi connectivity index (χ2n) is 8.97. The Hall–Kier alpha value is -4.43. The van der Waals surface area contributed by atoms with Crippen LogP contribution in [0.15, 0.2) is 66.7 Å². The summed E-state index contributed by atoms with van der Waals surface area (Å²) in [6.45, 7) is 4.14. The Kier molecular flexibility index (Phi) is 7.69. The summed E-state index contributed by atoms with van der Waals surface area (Å²) in [5.41, 5.74) is 5.83. The van der Waals surface area contributed by atoms with Gasteiger partial charge in [-0.15, -0.1) is 0 Å². The predicted molar refractivity (Wildman–Crippen MR) is 146 cm³/mol.